The van der Waals surface area contributed by atoms with Crippen LogP contribution in [0.1, 0.15) is 31.4 Å². The molecule has 0 fully saturated rings. The second kappa shape index (κ2) is 4.23. The smallest absolute Gasteiger partial charge is 0.0997 e. The van der Waals surface area contributed by atoms with Crippen LogP contribution in [0.5, 0.6) is 0 Å². The first kappa shape index (κ1) is 10.5. The number of benzene rings is 1. The molecule has 2 heteroatoms. The van der Waals surface area contributed by atoms with Gasteiger partial charge in [0.2, 0.25) is 0 Å². The van der Waals surface area contributed by atoms with Crippen LogP contribution in [0.2, 0.25) is 0 Å². The van der Waals surface area contributed by atoms with Gasteiger partial charge in [-0.15, -0.1) is 0 Å². The summed E-state index contributed by atoms with van der Waals surface area (Å²) in [7, 11) is 0. The van der Waals surface area contributed by atoms with E-state index in [-0.39, 0.29) is 0 Å². The standard InChI is InChI=1S/C13H20N2/c1-10(2)15-7-3-4-12-8-11(9-14)5-6-13(12)15/h5-6,8,10H,3-4,7,9,14H2,1-2H3/p+1. The summed E-state index contributed by atoms with van der Waals surface area (Å²) < 4.78 is 0. The Hall–Kier alpha value is -1.02. The van der Waals surface area contributed by atoms with Gasteiger partial charge in [0.05, 0.1) is 6.54 Å². The molecule has 1 aromatic rings. The minimum Gasteiger partial charge on any atom is -0.369 e. The minimum atomic E-state index is 0.606. The van der Waals surface area contributed by atoms with Gasteiger partial charge in [-0.2, -0.15) is 0 Å². The largest absolute Gasteiger partial charge is 0.369 e. The molecule has 0 bridgehead atoms. The number of rotatable bonds is 2. The third-order valence-electron chi connectivity index (χ3n) is 3.21. The van der Waals surface area contributed by atoms with Gasteiger partial charge in [-0.1, -0.05) is 6.07 Å². The quantitative estimate of drug-likeness (QED) is 0.781. The molecule has 1 aliphatic rings. The third kappa shape index (κ3) is 2.00. The molecule has 1 aliphatic heterocycles. The van der Waals surface area contributed by atoms with E-state index in [4.69, 9.17) is 0 Å². The van der Waals surface area contributed by atoms with E-state index in [0.717, 1.165) is 6.54 Å². The molecular formula is C13H21N2+. The van der Waals surface area contributed by atoms with Crippen molar-refractivity contribution in [2.24, 2.45) is 0 Å². The van der Waals surface area contributed by atoms with E-state index in [0.29, 0.717) is 6.04 Å². The maximum atomic E-state index is 3.95. The van der Waals surface area contributed by atoms with Gasteiger partial charge in [-0.25, -0.2) is 0 Å². The van der Waals surface area contributed by atoms with Gasteiger partial charge in [-0.3, -0.25) is 0 Å². The first-order valence-electron chi connectivity index (χ1n) is 5.90. The van der Waals surface area contributed by atoms with Crippen molar-refractivity contribution in [3.05, 3.63) is 29.3 Å². The van der Waals surface area contributed by atoms with Crippen molar-refractivity contribution in [2.45, 2.75) is 39.3 Å². The molecule has 2 nitrogen and oxygen atoms in total. The van der Waals surface area contributed by atoms with Crippen molar-refractivity contribution in [1.29, 1.82) is 0 Å². The molecule has 0 amide bonds. The number of nitrogens with zero attached hydrogens (tertiary/aromatic N) is 1. The van der Waals surface area contributed by atoms with Crippen LogP contribution in [0.15, 0.2) is 18.2 Å². The first-order chi connectivity index (χ1) is 7.22. The molecule has 0 spiro atoms. The molecule has 0 unspecified atom stereocenters. The predicted molar refractivity (Wildman–Crippen MR) is 63.8 cm³/mol. The summed E-state index contributed by atoms with van der Waals surface area (Å²) in [5, 5.41) is 0. The maximum Gasteiger partial charge on any atom is 0.0997 e. The number of anilines is 1. The van der Waals surface area contributed by atoms with Crippen molar-refractivity contribution in [3.8, 4) is 0 Å². The van der Waals surface area contributed by atoms with Gasteiger partial charge in [0.15, 0.2) is 0 Å². The van der Waals surface area contributed by atoms with Crippen LogP contribution >= 0.6 is 0 Å². The molecule has 0 saturated heterocycles. The normalized spacial score (nSPS) is 15.6. The SMILES string of the molecule is CC(C)N1CCCc2cc(C[NH3+])ccc21. The molecule has 0 saturated carbocycles. The predicted octanol–water partition coefficient (Wildman–Crippen LogP) is 1.59. The fourth-order valence-corrected chi connectivity index (χ4v) is 2.37. The van der Waals surface area contributed by atoms with Gasteiger partial charge in [0, 0.05) is 23.8 Å². The molecule has 0 atom stereocenters. The van der Waals surface area contributed by atoms with Gasteiger partial charge in [0.25, 0.3) is 0 Å². The van der Waals surface area contributed by atoms with Crippen LogP contribution in [-0.2, 0) is 13.0 Å². The lowest BCUT2D eigenvalue weighted by atomic mass is 9.98. The highest BCUT2D eigenvalue weighted by molar-refractivity contribution is 5.57. The average molecular weight is 205 g/mol. The van der Waals surface area contributed by atoms with E-state index in [2.05, 4.69) is 42.7 Å². The molecular weight excluding hydrogens is 184 g/mol. The maximum absolute atomic E-state index is 3.95. The Bertz CT molecular complexity index is 344. The molecule has 0 radical (unpaired) electrons. The van der Waals surface area contributed by atoms with Crippen molar-refractivity contribution in [1.82, 2.24) is 0 Å². The van der Waals surface area contributed by atoms with Crippen molar-refractivity contribution in [2.75, 3.05) is 11.4 Å². The van der Waals surface area contributed by atoms with E-state index in [1.807, 2.05) is 0 Å². The Morgan fingerprint density at radius 1 is 1.40 bits per heavy atom. The highest BCUT2D eigenvalue weighted by Gasteiger charge is 2.18. The fourth-order valence-electron chi connectivity index (χ4n) is 2.37. The van der Waals surface area contributed by atoms with Crippen LogP contribution in [-0.4, -0.2) is 12.6 Å². The van der Waals surface area contributed by atoms with Gasteiger partial charge in [-0.05, 0) is 44.4 Å². The molecule has 1 aromatic carbocycles. The van der Waals surface area contributed by atoms with E-state index in [1.54, 1.807) is 0 Å². The lowest BCUT2D eigenvalue weighted by Crippen LogP contribution is -2.47. The zero-order chi connectivity index (χ0) is 10.8. The third-order valence-corrected chi connectivity index (χ3v) is 3.21. The highest BCUT2D eigenvalue weighted by atomic mass is 15.2. The summed E-state index contributed by atoms with van der Waals surface area (Å²) in [5.74, 6) is 0. The zero-order valence-corrected chi connectivity index (χ0v) is 9.79. The lowest BCUT2D eigenvalue weighted by Gasteiger charge is -2.34. The molecule has 3 N–H and O–H groups in total. The highest BCUT2D eigenvalue weighted by Crippen LogP contribution is 2.29. The van der Waals surface area contributed by atoms with E-state index >= 15 is 0 Å². The van der Waals surface area contributed by atoms with Crippen molar-refractivity contribution >= 4 is 5.69 Å². The van der Waals surface area contributed by atoms with Crippen LogP contribution in [0.4, 0.5) is 5.69 Å². The van der Waals surface area contributed by atoms with Crippen LogP contribution in [0.25, 0.3) is 0 Å². The Morgan fingerprint density at radius 3 is 2.87 bits per heavy atom. The zero-order valence-electron chi connectivity index (χ0n) is 9.79. The summed E-state index contributed by atoms with van der Waals surface area (Å²) in [6, 6.07) is 7.42. The van der Waals surface area contributed by atoms with E-state index < -0.39 is 0 Å². The Kier molecular flexibility index (Phi) is 2.96. The summed E-state index contributed by atoms with van der Waals surface area (Å²) in [4.78, 5) is 2.51. The van der Waals surface area contributed by atoms with Crippen LogP contribution < -0.4 is 10.6 Å². The second-order valence-corrected chi connectivity index (χ2v) is 4.60. The molecule has 15 heavy (non-hydrogen) atoms. The van der Waals surface area contributed by atoms with E-state index in [9.17, 15) is 0 Å². The van der Waals surface area contributed by atoms with Gasteiger partial charge < -0.3 is 10.6 Å². The fraction of sp³-hybridized carbons (Fsp3) is 0.538. The average Bonchev–Trinajstić information content (AvgIpc) is 2.27. The summed E-state index contributed by atoms with van der Waals surface area (Å²) in [6.07, 6.45) is 2.51. The number of hydrogen-bond acceptors (Lipinski definition) is 1. The van der Waals surface area contributed by atoms with Gasteiger partial charge >= 0.3 is 0 Å². The van der Waals surface area contributed by atoms with Crippen LogP contribution in [0, 0.1) is 0 Å². The molecule has 0 aliphatic carbocycles. The van der Waals surface area contributed by atoms with Crippen molar-refractivity contribution < 1.29 is 5.73 Å². The Morgan fingerprint density at radius 2 is 2.20 bits per heavy atom. The summed E-state index contributed by atoms with van der Waals surface area (Å²) in [6.45, 7) is 6.64. The number of aryl methyl sites for hydroxylation is 1. The van der Waals surface area contributed by atoms with Gasteiger partial charge in [0.1, 0.15) is 0 Å². The molecule has 2 rings (SSSR count). The molecule has 0 aromatic heterocycles. The Labute approximate surface area is 92.1 Å². The van der Waals surface area contributed by atoms with E-state index in [1.165, 1.54) is 36.2 Å². The van der Waals surface area contributed by atoms with Crippen molar-refractivity contribution in [3.63, 3.8) is 0 Å². The molecule has 1 heterocycles. The second-order valence-electron chi connectivity index (χ2n) is 4.60. The monoisotopic (exact) mass is 205 g/mol. The lowest BCUT2D eigenvalue weighted by molar-refractivity contribution is -0.386. The minimum absolute atomic E-state index is 0.606. The Balaban J connectivity index is 2.36. The first-order valence-corrected chi connectivity index (χ1v) is 5.90. The summed E-state index contributed by atoms with van der Waals surface area (Å²) in [5.41, 5.74) is 8.25. The summed E-state index contributed by atoms with van der Waals surface area (Å²) >= 11 is 0. The number of quaternary nitrogens is 1. The number of hydrogen-bond donors (Lipinski definition) is 1. The number of fused-ring (bicyclic) bond motifs is 1. The van der Waals surface area contributed by atoms with Crippen LogP contribution in [0.3, 0.4) is 0 Å². The molecule has 82 valence electrons. The topological polar surface area (TPSA) is 30.9 Å².